The van der Waals surface area contributed by atoms with Gasteiger partial charge in [-0.3, -0.25) is 9.52 Å². The number of rotatable bonds is 5. The number of sulfonamides is 1. The highest BCUT2D eigenvalue weighted by Crippen LogP contribution is 2.37. The van der Waals surface area contributed by atoms with E-state index < -0.39 is 10.0 Å². The molecule has 1 N–H and O–H groups in total. The van der Waals surface area contributed by atoms with Crippen molar-refractivity contribution in [2.45, 2.75) is 31.1 Å². The fourth-order valence-corrected chi connectivity index (χ4v) is 4.78. The summed E-state index contributed by atoms with van der Waals surface area (Å²) in [5.41, 5.74) is 3.01. The van der Waals surface area contributed by atoms with Crippen molar-refractivity contribution < 1.29 is 17.9 Å². The Balaban J connectivity index is 1.57. The number of anilines is 2. The van der Waals surface area contributed by atoms with Gasteiger partial charge in [0.15, 0.2) is 0 Å². The van der Waals surface area contributed by atoms with E-state index in [0.717, 1.165) is 30.5 Å². The lowest BCUT2D eigenvalue weighted by molar-refractivity contribution is -0.119. The van der Waals surface area contributed by atoms with Crippen LogP contribution in [0.4, 0.5) is 11.4 Å². The Morgan fingerprint density at radius 2 is 1.96 bits per heavy atom. The van der Waals surface area contributed by atoms with Crippen LogP contribution in [0.5, 0.6) is 5.75 Å². The maximum atomic E-state index is 12.8. The lowest BCUT2D eigenvalue weighted by Crippen LogP contribution is -2.30. The molecule has 0 atom stereocenters. The maximum absolute atomic E-state index is 12.8. The zero-order valence-electron chi connectivity index (χ0n) is 15.4. The van der Waals surface area contributed by atoms with Crippen LogP contribution in [0.2, 0.25) is 0 Å². The van der Waals surface area contributed by atoms with Crippen molar-refractivity contribution in [2.24, 2.45) is 5.92 Å². The van der Waals surface area contributed by atoms with Crippen LogP contribution >= 0.6 is 0 Å². The molecule has 1 aliphatic heterocycles. The third-order valence-electron chi connectivity index (χ3n) is 5.09. The Morgan fingerprint density at radius 1 is 1.19 bits per heavy atom. The van der Waals surface area contributed by atoms with Gasteiger partial charge in [-0.2, -0.15) is 0 Å². The number of amides is 1. The Kier molecular flexibility index (Phi) is 4.34. The van der Waals surface area contributed by atoms with E-state index >= 15 is 0 Å². The molecule has 6 nitrogen and oxygen atoms in total. The summed E-state index contributed by atoms with van der Waals surface area (Å²) in [7, 11) is -2.16. The van der Waals surface area contributed by atoms with E-state index in [9.17, 15) is 13.2 Å². The summed E-state index contributed by atoms with van der Waals surface area (Å²) >= 11 is 0. The number of ether oxygens (including phenoxy) is 1. The van der Waals surface area contributed by atoms with E-state index in [-0.39, 0.29) is 16.7 Å². The first-order valence-corrected chi connectivity index (χ1v) is 10.5. The minimum atomic E-state index is -3.71. The topological polar surface area (TPSA) is 75.7 Å². The zero-order chi connectivity index (χ0) is 19.2. The first-order chi connectivity index (χ1) is 12.9. The molecule has 1 saturated carbocycles. The molecule has 0 bridgehead atoms. The SMILES string of the molecule is COc1ccc(S(=O)(=O)Nc2ccc3c(c2)CCN3C(=O)C2CC2)c(C)c1. The number of benzene rings is 2. The molecular weight excluding hydrogens is 364 g/mol. The smallest absolute Gasteiger partial charge is 0.262 e. The molecular formula is C20H22N2O4S. The second-order valence-corrected chi connectivity index (χ2v) is 8.75. The Labute approximate surface area is 159 Å². The molecule has 1 amide bonds. The summed E-state index contributed by atoms with van der Waals surface area (Å²) in [5, 5.41) is 0. The first kappa shape index (κ1) is 17.9. The van der Waals surface area contributed by atoms with Crippen LogP contribution in [-0.4, -0.2) is 28.0 Å². The van der Waals surface area contributed by atoms with Crippen molar-refractivity contribution in [3.05, 3.63) is 47.5 Å². The van der Waals surface area contributed by atoms with E-state index in [1.165, 1.54) is 0 Å². The van der Waals surface area contributed by atoms with Crippen molar-refractivity contribution in [3.63, 3.8) is 0 Å². The van der Waals surface area contributed by atoms with Gasteiger partial charge in [-0.05, 0) is 73.7 Å². The van der Waals surface area contributed by atoms with Gasteiger partial charge in [0.25, 0.3) is 10.0 Å². The number of methoxy groups -OCH3 is 1. The molecule has 0 unspecified atom stereocenters. The molecule has 0 aromatic heterocycles. The Morgan fingerprint density at radius 3 is 2.63 bits per heavy atom. The quantitative estimate of drug-likeness (QED) is 0.857. The molecule has 1 fully saturated rings. The number of hydrogen-bond acceptors (Lipinski definition) is 4. The second kappa shape index (κ2) is 6.56. The summed E-state index contributed by atoms with van der Waals surface area (Å²) in [4.78, 5) is 14.4. The van der Waals surface area contributed by atoms with Crippen molar-refractivity contribution in [2.75, 3.05) is 23.3 Å². The molecule has 0 radical (unpaired) electrons. The first-order valence-electron chi connectivity index (χ1n) is 9.01. The molecule has 2 aliphatic rings. The lowest BCUT2D eigenvalue weighted by atomic mass is 10.1. The van der Waals surface area contributed by atoms with E-state index in [1.807, 2.05) is 17.0 Å². The van der Waals surface area contributed by atoms with Crippen LogP contribution < -0.4 is 14.4 Å². The zero-order valence-corrected chi connectivity index (χ0v) is 16.2. The minimum absolute atomic E-state index is 0.173. The number of aryl methyl sites for hydroxylation is 1. The molecule has 142 valence electrons. The van der Waals surface area contributed by atoms with E-state index in [0.29, 0.717) is 23.5 Å². The van der Waals surface area contributed by atoms with Gasteiger partial charge in [0, 0.05) is 23.8 Å². The van der Waals surface area contributed by atoms with Crippen LogP contribution in [0.15, 0.2) is 41.3 Å². The van der Waals surface area contributed by atoms with Crippen LogP contribution in [-0.2, 0) is 21.2 Å². The molecule has 1 heterocycles. The monoisotopic (exact) mass is 386 g/mol. The molecule has 4 rings (SSSR count). The average Bonchev–Trinajstić information content (AvgIpc) is 3.40. The largest absolute Gasteiger partial charge is 0.497 e. The van der Waals surface area contributed by atoms with Crippen molar-refractivity contribution in [3.8, 4) is 5.75 Å². The third kappa shape index (κ3) is 3.39. The predicted octanol–water partition coefficient (Wildman–Crippen LogP) is 3.10. The fraction of sp³-hybridized carbons (Fsp3) is 0.350. The second-order valence-electron chi connectivity index (χ2n) is 7.09. The number of hydrogen-bond donors (Lipinski definition) is 1. The number of nitrogens with zero attached hydrogens (tertiary/aromatic N) is 1. The molecule has 27 heavy (non-hydrogen) atoms. The molecule has 0 saturated heterocycles. The fourth-order valence-electron chi connectivity index (χ4n) is 3.51. The lowest BCUT2D eigenvalue weighted by Gasteiger charge is -2.17. The van der Waals surface area contributed by atoms with Crippen LogP contribution in [0.1, 0.15) is 24.0 Å². The predicted molar refractivity (Wildman–Crippen MR) is 104 cm³/mol. The molecule has 0 spiro atoms. The van der Waals surface area contributed by atoms with Gasteiger partial charge >= 0.3 is 0 Å². The van der Waals surface area contributed by atoms with Crippen LogP contribution in [0.25, 0.3) is 0 Å². The number of carbonyl (C=O) groups is 1. The number of fused-ring (bicyclic) bond motifs is 1. The Hall–Kier alpha value is -2.54. The minimum Gasteiger partial charge on any atom is -0.497 e. The molecule has 7 heteroatoms. The number of carbonyl (C=O) groups excluding carboxylic acids is 1. The summed E-state index contributed by atoms with van der Waals surface area (Å²) < 4.78 is 33.3. The highest BCUT2D eigenvalue weighted by molar-refractivity contribution is 7.92. The number of nitrogens with one attached hydrogen (secondary N) is 1. The molecule has 2 aromatic rings. The standard InChI is InChI=1S/C20H22N2O4S/c1-13-11-17(26-2)6-8-19(13)27(24,25)21-16-5-7-18-15(12-16)9-10-22(18)20(23)14-3-4-14/h5-8,11-12,14,21H,3-4,9-10H2,1-2H3. The maximum Gasteiger partial charge on any atom is 0.262 e. The van der Waals surface area contributed by atoms with Gasteiger partial charge in [0.05, 0.1) is 12.0 Å². The summed E-state index contributed by atoms with van der Waals surface area (Å²) in [6.07, 6.45) is 2.69. The highest BCUT2D eigenvalue weighted by Gasteiger charge is 2.36. The van der Waals surface area contributed by atoms with E-state index in [1.54, 1.807) is 38.3 Å². The summed E-state index contributed by atoms with van der Waals surface area (Å²) in [5.74, 6) is 0.979. The summed E-state index contributed by atoms with van der Waals surface area (Å²) in [6, 6.07) is 10.2. The van der Waals surface area contributed by atoms with Gasteiger partial charge in [0.1, 0.15) is 5.75 Å². The van der Waals surface area contributed by atoms with E-state index in [2.05, 4.69) is 4.72 Å². The average molecular weight is 386 g/mol. The van der Waals surface area contributed by atoms with Crippen LogP contribution in [0.3, 0.4) is 0 Å². The van der Waals surface area contributed by atoms with Gasteiger partial charge < -0.3 is 9.64 Å². The summed E-state index contributed by atoms with van der Waals surface area (Å²) in [6.45, 7) is 2.40. The van der Waals surface area contributed by atoms with Gasteiger partial charge in [0.2, 0.25) is 5.91 Å². The van der Waals surface area contributed by atoms with Crippen molar-refractivity contribution in [1.82, 2.24) is 0 Å². The third-order valence-corrected chi connectivity index (χ3v) is 6.63. The molecule has 2 aromatic carbocycles. The highest BCUT2D eigenvalue weighted by atomic mass is 32.2. The van der Waals surface area contributed by atoms with Crippen molar-refractivity contribution >= 4 is 27.3 Å². The van der Waals surface area contributed by atoms with E-state index in [4.69, 9.17) is 4.74 Å². The molecule has 1 aliphatic carbocycles. The van der Waals surface area contributed by atoms with Gasteiger partial charge in [-0.15, -0.1) is 0 Å². The normalized spacial score (nSPS) is 16.1. The Bertz CT molecular complexity index is 1010. The van der Waals surface area contributed by atoms with Gasteiger partial charge in [-0.25, -0.2) is 8.42 Å². The van der Waals surface area contributed by atoms with Crippen LogP contribution in [0, 0.1) is 12.8 Å². The van der Waals surface area contributed by atoms with Gasteiger partial charge in [-0.1, -0.05) is 0 Å². The van der Waals surface area contributed by atoms with Crippen molar-refractivity contribution in [1.29, 1.82) is 0 Å².